The fourth-order valence-corrected chi connectivity index (χ4v) is 3.97. The number of fused-ring (bicyclic) bond motifs is 2. The second-order valence-electron chi connectivity index (χ2n) is 7.99. The van der Waals surface area contributed by atoms with Gasteiger partial charge in [0.05, 0.1) is 19.5 Å². The molecular formula is C24H20N4O4. The zero-order valence-corrected chi connectivity index (χ0v) is 17.4. The van der Waals surface area contributed by atoms with E-state index in [0.29, 0.717) is 46.7 Å². The molecule has 0 spiro atoms. The maximum absolute atomic E-state index is 13.2. The molecule has 1 fully saturated rings. The van der Waals surface area contributed by atoms with E-state index < -0.39 is 0 Å². The molecule has 8 nitrogen and oxygen atoms in total. The van der Waals surface area contributed by atoms with Crippen LogP contribution in [0.15, 0.2) is 55.2 Å². The Balaban J connectivity index is 1.31. The van der Waals surface area contributed by atoms with E-state index in [9.17, 15) is 4.79 Å². The minimum atomic E-state index is -0.301. The molecule has 0 bridgehead atoms. The first-order chi connectivity index (χ1) is 15.7. The molecule has 6 rings (SSSR count). The monoisotopic (exact) mass is 428 g/mol. The summed E-state index contributed by atoms with van der Waals surface area (Å²) in [6, 6.07) is 7.47. The summed E-state index contributed by atoms with van der Waals surface area (Å²) in [5.41, 5.74) is 3.54. The first-order valence-electron chi connectivity index (χ1n) is 10.5. The Hall–Kier alpha value is -3.94. The summed E-state index contributed by atoms with van der Waals surface area (Å²) in [4.78, 5) is 26.1. The SMILES string of the molecule is COc1cc(C(=O)c2cnc3cnccn23)cc2c1OC(c1ccc(C3CC3)nc1)CO2. The number of ketones is 1. The third-order valence-electron chi connectivity index (χ3n) is 5.88. The van der Waals surface area contributed by atoms with E-state index >= 15 is 0 Å². The average Bonchev–Trinajstić information content (AvgIpc) is 3.61. The highest BCUT2D eigenvalue weighted by Crippen LogP contribution is 2.45. The van der Waals surface area contributed by atoms with Crippen LogP contribution >= 0.6 is 0 Å². The number of nitrogens with zero attached hydrogens (tertiary/aromatic N) is 4. The fourth-order valence-electron chi connectivity index (χ4n) is 3.97. The Morgan fingerprint density at radius 2 is 2.06 bits per heavy atom. The molecule has 0 amide bonds. The molecule has 8 heteroatoms. The Morgan fingerprint density at radius 3 is 2.84 bits per heavy atom. The molecule has 4 heterocycles. The predicted octanol–water partition coefficient (Wildman–Crippen LogP) is 3.75. The van der Waals surface area contributed by atoms with E-state index in [-0.39, 0.29) is 11.9 Å². The van der Waals surface area contributed by atoms with Gasteiger partial charge in [-0.15, -0.1) is 0 Å². The number of carbonyl (C=O) groups excluding carboxylic acids is 1. The van der Waals surface area contributed by atoms with Crippen LogP contribution < -0.4 is 14.2 Å². The molecule has 0 radical (unpaired) electrons. The first kappa shape index (κ1) is 18.8. The second kappa shape index (κ2) is 7.33. The quantitative estimate of drug-likeness (QED) is 0.447. The highest BCUT2D eigenvalue weighted by molar-refractivity contribution is 6.09. The lowest BCUT2D eigenvalue weighted by Gasteiger charge is -2.28. The third-order valence-corrected chi connectivity index (χ3v) is 5.88. The molecule has 1 saturated carbocycles. The molecule has 0 saturated heterocycles. The van der Waals surface area contributed by atoms with Crippen molar-refractivity contribution >= 4 is 11.4 Å². The third kappa shape index (κ3) is 3.15. The molecule has 32 heavy (non-hydrogen) atoms. The average molecular weight is 428 g/mol. The highest BCUT2D eigenvalue weighted by atomic mass is 16.6. The Kier molecular flexibility index (Phi) is 4.31. The molecular weight excluding hydrogens is 408 g/mol. The first-order valence-corrected chi connectivity index (χ1v) is 10.5. The molecule has 1 unspecified atom stereocenters. The number of ether oxygens (including phenoxy) is 3. The fraction of sp³-hybridized carbons (Fsp3) is 0.250. The summed E-state index contributed by atoms with van der Waals surface area (Å²) in [5, 5.41) is 0. The summed E-state index contributed by atoms with van der Waals surface area (Å²) in [7, 11) is 1.54. The van der Waals surface area contributed by atoms with Crippen LogP contribution in [-0.4, -0.2) is 38.9 Å². The molecule has 3 aromatic heterocycles. The largest absolute Gasteiger partial charge is 0.493 e. The molecule has 2 aliphatic rings. The van der Waals surface area contributed by atoms with Gasteiger partial charge < -0.3 is 14.2 Å². The predicted molar refractivity (Wildman–Crippen MR) is 114 cm³/mol. The number of hydrogen-bond acceptors (Lipinski definition) is 7. The van der Waals surface area contributed by atoms with Crippen LogP contribution in [0.4, 0.5) is 0 Å². The molecule has 0 N–H and O–H groups in total. The number of hydrogen-bond donors (Lipinski definition) is 0. The summed E-state index contributed by atoms with van der Waals surface area (Å²) in [6.07, 6.45) is 10.4. The van der Waals surface area contributed by atoms with Crippen molar-refractivity contribution in [3.05, 3.63) is 77.8 Å². The van der Waals surface area contributed by atoms with Crippen LogP contribution in [0.3, 0.4) is 0 Å². The minimum absolute atomic E-state index is 0.199. The van der Waals surface area contributed by atoms with Crippen LogP contribution in [-0.2, 0) is 0 Å². The van der Waals surface area contributed by atoms with Gasteiger partial charge in [-0.1, -0.05) is 6.07 Å². The molecule has 1 aliphatic carbocycles. The Morgan fingerprint density at radius 1 is 1.16 bits per heavy atom. The number of aromatic nitrogens is 4. The minimum Gasteiger partial charge on any atom is -0.493 e. The summed E-state index contributed by atoms with van der Waals surface area (Å²) < 4.78 is 19.5. The zero-order valence-electron chi connectivity index (χ0n) is 17.4. The van der Waals surface area contributed by atoms with Crippen molar-refractivity contribution in [2.24, 2.45) is 0 Å². The van der Waals surface area contributed by atoms with Gasteiger partial charge in [0.2, 0.25) is 11.5 Å². The van der Waals surface area contributed by atoms with Crippen molar-refractivity contribution in [1.29, 1.82) is 0 Å². The summed E-state index contributed by atoms with van der Waals surface area (Å²) >= 11 is 0. The Bertz CT molecular complexity index is 1310. The normalized spacial score (nSPS) is 17.3. The van der Waals surface area contributed by atoms with Crippen molar-refractivity contribution < 1.29 is 19.0 Å². The van der Waals surface area contributed by atoms with Gasteiger partial charge in [-0.2, -0.15) is 0 Å². The summed E-state index contributed by atoms with van der Waals surface area (Å²) in [6.45, 7) is 0.319. The molecule has 1 aromatic carbocycles. The van der Waals surface area contributed by atoms with Crippen molar-refractivity contribution in [3.63, 3.8) is 0 Å². The van der Waals surface area contributed by atoms with Gasteiger partial charge in [-0.05, 0) is 31.0 Å². The smallest absolute Gasteiger partial charge is 0.211 e. The van der Waals surface area contributed by atoms with E-state index in [1.54, 1.807) is 42.2 Å². The molecule has 160 valence electrons. The van der Waals surface area contributed by atoms with Gasteiger partial charge in [0.25, 0.3) is 0 Å². The van der Waals surface area contributed by atoms with Gasteiger partial charge in [-0.3, -0.25) is 19.2 Å². The highest BCUT2D eigenvalue weighted by Gasteiger charge is 2.30. The van der Waals surface area contributed by atoms with Crippen molar-refractivity contribution in [2.45, 2.75) is 24.9 Å². The number of rotatable bonds is 5. The lowest BCUT2D eigenvalue weighted by atomic mass is 10.1. The molecule has 1 aliphatic heterocycles. The van der Waals surface area contributed by atoms with E-state index in [1.165, 1.54) is 19.0 Å². The Labute approximate surface area is 183 Å². The van der Waals surface area contributed by atoms with E-state index in [1.807, 2.05) is 12.3 Å². The number of carbonyl (C=O) groups is 1. The van der Waals surface area contributed by atoms with Gasteiger partial charge >= 0.3 is 0 Å². The van der Waals surface area contributed by atoms with E-state index in [4.69, 9.17) is 14.2 Å². The maximum atomic E-state index is 13.2. The lowest BCUT2D eigenvalue weighted by molar-refractivity contribution is 0.0863. The maximum Gasteiger partial charge on any atom is 0.211 e. The van der Waals surface area contributed by atoms with Gasteiger partial charge in [0.1, 0.15) is 12.3 Å². The van der Waals surface area contributed by atoms with Crippen LogP contribution in [0.2, 0.25) is 0 Å². The summed E-state index contributed by atoms with van der Waals surface area (Å²) in [5.74, 6) is 1.80. The van der Waals surface area contributed by atoms with E-state index in [0.717, 1.165) is 11.3 Å². The van der Waals surface area contributed by atoms with Gasteiger partial charge in [0, 0.05) is 41.3 Å². The number of benzene rings is 1. The van der Waals surface area contributed by atoms with Crippen LogP contribution in [0.25, 0.3) is 5.65 Å². The topological polar surface area (TPSA) is 87.8 Å². The van der Waals surface area contributed by atoms with Crippen LogP contribution in [0.1, 0.15) is 52.2 Å². The number of methoxy groups -OCH3 is 1. The van der Waals surface area contributed by atoms with Gasteiger partial charge in [0.15, 0.2) is 23.3 Å². The zero-order chi connectivity index (χ0) is 21.7. The van der Waals surface area contributed by atoms with Crippen LogP contribution in [0.5, 0.6) is 17.2 Å². The van der Waals surface area contributed by atoms with Crippen molar-refractivity contribution in [1.82, 2.24) is 19.4 Å². The van der Waals surface area contributed by atoms with E-state index in [2.05, 4.69) is 21.0 Å². The molecule has 1 atom stereocenters. The lowest BCUT2D eigenvalue weighted by Crippen LogP contribution is -2.22. The second-order valence-corrected chi connectivity index (χ2v) is 7.99. The van der Waals surface area contributed by atoms with Crippen molar-refractivity contribution in [2.75, 3.05) is 13.7 Å². The van der Waals surface area contributed by atoms with Crippen LogP contribution in [0, 0.1) is 0 Å². The van der Waals surface area contributed by atoms with Gasteiger partial charge in [-0.25, -0.2) is 4.98 Å². The number of imidazole rings is 1. The van der Waals surface area contributed by atoms with Crippen molar-refractivity contribution in [3.8, 4) is 17.2 Å². The number of pyridine rings is 1. The molecule has 4 aromatic rings. The standard InChI is InChI=1S/C24H20N4O4/c1-30-19-8-16(23(29)18-11-27-22-12-25-6-7-28(18)22)9-20-24(19)32-21(13-31-20)15-4-5-17(26-10-15)14-2-3-14/h4-12,14,21H,2-3,13H2,1H3.